The lowest BCUT2D eigenvalue weighted by Crippen LogP contribution is -2.17. The summed E-state index contributed by atoms with van der Waals surface area (Å²) in [5.74, 6) is -0.000483. The van der Waals surface area contributed by atoms with E-state index in [-0.39, 0.29) is 12.4 Å². The molecule has 0 fully saturated rings. The van der Waals surface area contributed by atoms with Gasteiger partial charge in [0, 0.05) is 11.6 Å². The van der Waals surface area contributed by atoms with E-state index < -0.39 is 10.0 Å². The predicted octanol–water partition coefficient (Wildman–Crippen LogP) is 2.16. The summed E-state index contributed by atoms with van der Waals surface area (Å²) in [6, 6.07) is 5.05. The quantitative estimate of drug-likeness (QED) is 0.783. The molecule has 0 aromatic heterocycles. The molecular formula is C11H16ClNO3S. The summed E-state index contributed by atoms with van der Waals surface area (Å²) in [7, 11) is -3.37. The molecule has 0 aliphatic carbocycles. The van der Waals surface area contributed by atoms with E-state index in [2.05, 4.69) is 4.72 Å². The van der Waals surface area contributed by atoms with E-state index in [1.54, 1.807) is 18.2 Å². The SMILES string of the molecule is Cc1ccc(Cl)cc1NS(=O)(=O)CCCCO. The van der Waals surface area contributed by atoms with Crippen molar-refractivity contribution in [3.63, 3.8) is 0 Å². The Hall–Kier alpha value is -0.780. The fourth-order valence-corrected chi connectivity index (χ4v) is 2.74. The van der Waals surface area contributed by atoms with Crippen molar-refractivity contribution in [2.45, 2.75) is 19.8 Å². The summed E-state index contributed by atoms with van der Waals surface area (Å²) in [4.78, 5) is 0. The van der Waals surface area contributed by atoms with Crippen LogP contribution in [0.25, 0.3) is 0 Å². The molecule has 0 radical (unpaired) electrons. The van der Waals surface area contributed by atoms with Crippen LogP contribution in [0.5, 0.6) is 0 Å². The molecule has 96 valence electrons. The van der Waals surface area contributed by atoms with Crippen LogP contribution in [-0.4, -0.2) is 25.9 Å². The molecule has 0 aliphatic heterocycles. The summed E-state index contributed by atoms with van der Waals surface area (Å²) in [6.45, 7) is 1.81. The Kier molecular flexibility index (Phi) is 5.24. The van der Waals surface area contributed by atoms with Crippen molar-refractivity contribution in [3.05, 3.63) is 28.8 Å². The zero-order chi connectivity index (χ0) is 12.9. The van der Waals surface area contributed by atoms with Crippen molar-refractivity contribution in [1.29, 1.82) is 0 Å². The fraction of sp³-hybridized carbons (Fsp3) is 0.455. The summed E-state index contributed by atoms with van der Waals surface area (Å²) < 4.78 is 25.9. The second kappa shape index (κ2) is 6.23. The molecule has 6 heteroatoms. The smallest absolute Gasteiger partial charge is 0.232 e. The zero-order valence-electron chi connectivity index (χ0n) is 9.61. The molecule has 0 saturated carbocycles. The van der Waals surface area contributed by atoms with Gasteiger partial charge in [-0.3, -0.25) is 4.72 Å². The third-order valence-electron chi connectivity index (χ3n) is 2.29. The van der Waals surface area contributed by atoms with Crippen molar-refractivity contribution in [2.75, 3.05) is 17.1 Å². The molecule has 0 spiro atoms. The van der Waals surface area contributed by atoms with Gasteiger partial charge in [0.15, 0.2) is 0 Å². The number of hydrogen-bond acceptors (Lipinski definition) is 3. The Bertz CT molecular complexity index is 474. The molecule has 0 bridgehead atoms. The van der Waals surface area contributed by atoms with Gasteiger partial charge in [0.25, 0.3) is 0 Å². The number of aryl methyl sites for hydroxylation is 1. The van der Waals surface area contributed by atoms with Crippen molar-refractivity contribution >= 4 is 27.3 Å². The van der Waals surface area contributed by atoms with E-state index in [4.69, 9.17) is 16.7 Å². The van der Waals surface area contributed by atoms with Crippen molar-refractivity contribution in [2.24, 2.45) is 0 Å². The third-order valence-corrected chi connectivity index (χ3v) is 3.88. The number of sulfonamides is 1. The maximum atomic E-state index is 11.7. The van der Waals surface area contributed by atoms with Crippen LogP contribution in [0.2, 0.25) is 5.02 Å². The Labute approximate surface area is 107 Å². The van der Waals surface area contributed by atoms with Gasteiger partial charge in [0.2, 0.25) is 10.0 Å². The van der Waals surface area contributed by atoms with Crippen LogP contribution in [0.15, 0.2) is 18.2 Å². The predicted molar refractivity (Wildman–Crippen MR) is 69.9 cm³/mol. The Morgan fingerprint density at radius 3 is 2.71 bits per heavy atom. The van der Waals surface area contributed by atoms with Crippen LogP contribution in [0.4, 0.5) is 5.69 Å². The minimum Gasteiger partial charge on any atom is -0.396 e. The molecule has 0 amide bonds. The first-order valence-electron chi connectivity index (χ1n) is 5.32. The first-order valence-corrected chi connectivity index (χ1v) is 7.35. The maximum Gasteiger partial charge on any atom is 0.232 e. The normalized spacial score (nSPS) is 11.5. The second-order valence-electron chi connectivity index (χ2n) is 3.81. The van der Waals surface area contributed by atoms with Gasteiger partial charge in [0.1, 0.15) is 0 Å². The molecule has 17 heavy (non-hydrogen) atoms. The van der Waals surface area contributed by atoms with Gasteiger partial charge in [0.05, 0.1) is 11.4 Å². The Balaban J connectivity index is 2.72. The van der Waals surface area contributed by atoms with E-state index in [1.165, 1.54) is 0 Å². The molecule has 1 aromatic rings. The van der Waals surface area contributed by atoms with E-state index in [9.17, 15) is 8.42 Å². The van der Waals surface area contributed by atoms with Crippen LogP contribution in [-0.2, 0) is 10.0 Å². The average Bonchev–Trinajstić information content (AvgIpc) is 2.23. The molecule has 0 saturated heterocycles. The number of aliphatic hydroxyl groups excluding tert-OH is 1. The summed E-state index contributed by atoms with van der Waals surface area (Å²) >= 11 is 5.80. The number of anilines is 1. The number of nitrogens with one attached hydrogen (secondary N) is 1. The van der Waals surface area contributed by atoms with E-state index in [1.807, 2.05) is 6.92 Å². The third kappa shape index (κ3) is 4.93. The topological polar surface area (TPSA) is 66.4 Å². The second-order valence-corrected chi connectivity index (χ2v) is 6.09. The lowest BCUT2D eigenvalue weighted by molar-refractivity contribution is 0.287. The average molecular weight is 278 g/mol. The summed E-state index contributed by atoms with van der Waals surface area (Å²) in [5, 5.41) is 9.09. The van der Waals surface area contributed by atoms with Crippen LogP contribution in [0, 0.1) is 6.92 Å². The number of unbranched alkanes of at least 4 members (excludes halogenated alkanes) is 1. The Morgan fingerprint density at radius 1 is 1.35 bits per heavy atom. The van der Waals surface area contributed by atoms with Gasteiger partial charge in [-0.2, -0.15) is 0 Å². The van der Waals surface area contributed by atoms with Gasteiger partial charge in [-0.25, -0.2) is 8.42 Å². The minimum atomic E-state index is -3.37. The number of hydrogen-bond donors (Lipinski definition) is 2. The van der Waals surface area contributed by atoms with Crippen molar-refractivity contribution in [3.8, 4) is 0 Å². The number of aliphatic hydroxyl groups is 1. The van der Waals surface area contributed by atoms with Crippen molar-refractivity contribution < 1.29 is 13.5 Å². The first kappa shape index (κ1) is 14.3. The Morgan fingerprint density at radius 2 is 2.06 bits per heavy atom. The van der Waals surface area contributed by atoms with E-state index >= 15 is 0 Å². The lowest BCUT2D eigenvalue weighted by Gasteiger charge is -2.10. The highest BCUT2D eigenvalue weighted by molar-refractivity contribution is 7.92. The highest BCUT2D eigenvalue weighted by Crippen LogP contribution is 2.21. The van der Waals surface area contributed by atoms with Crippen LogP contribution >= 0.6 is 11.6 Å². The van der Waals surface area contributed by atoms with Crippen LogP contribution in [0.1, 0.15) is 18.4 Å². The highest BCUT2D eigenvalue weighted by atomic mass is 35.5. The molecule has 1 aromatic carbocycles. The lowest BCUT2D eigenvalue weighted by atomic mass is 10.2. The van der Waals surface area contributed by atoms with Gasteiger partial charge < -0.3 is 5.11 Å². The standard InChI is InChI=1S/C11H16ClNO3S/c1-9-4-5-10(12)8-11(9)13-17(15,16)7-3-2-6-14/h4-5,8,13-14H,2-3,6-7H2,1H3. The van der Waals surface area contributed by atoms with Crippen molar-refractivity contribution in [1.82, 2.24) is 0 Å². The molecule has 0 heterocycles. The molecule has 0 aliphatic rings. The van der Waals surface area contributed by atoms with Gasteiger partial charge in [-0.05, 0) is 37.5 Å². The van der Waals surface area contributed by atoms with Gasteiger partial charge in [-0.1, -0.05) is 17.7 Å². The molecule has 2 N–H and O–H groups in total. The largest absolute Gasteiger partial charge is 0.396 e. The number of rotatable bonds is 6. The van der Waals surface area contributed by atoms with E-state index in [0.717, 1.165) is 5.56 Å². The molecule has 4 nitrogen and oxygen atoms in total. The molecule has 1 rings (SSSR count). The van der Waals surface area contributed by atoms with Gasteiger partial charge in [-0.15, -0.1) is 0 Å². The van der Waals surface area contributed by atoms with Crippen LogP contribution in [0.3, 0.4) is 0 Å². The summed E-state index contributed by atoms with van der Waals surface area (Å²) in [5.41, 5.74) is 1.32. The molecule has 0 unspecified atom stereocenters. The van der Waals surface area contributed by atoms with Crippen LogP contribution < -0.4 is 4.72 Å². The minimum absolute atomic E-state index is 0.000483. The molecule has 0 atom stereocenters. The first-order chi connectivity index (χ1) is 7.94. The highest BCUT2D eigenvalue weighted by Gasteiger charge is 2.11. The van der Waals surface area contributed by atoms with E-state index in [0.29, 0.717) is 23.6 Å². The maximum absolute atomic E-state index is 11.7. The number of benzene rings is 1. The zero-order valence-corrected chi connectivity index (χ0v) is 11.2. The van der Waals surface area contributed by atoms with Gasteiger partial charge >= 0.3 is 0 Å². The molecular weight excluding hydrogens is 262 g/mol. The summed E-state index contributed by atoms with van der Waals surface area (Å²) in [6.07, 6.45) is 0.918. The number of halogens is 1. The monoisotopic (exact) mass is 277 g/mol. The fourth-order valence-electron chi connectivity index (χ4n) is 1.33.